The lowest BCUT2D eigenvalue weighted by molar-refractivity contribution is 0.194. The van der Waals surface area contributed by atoms with Crippen molar-refractivity contribution in [3.63, 3.8) is 0 Å². The van der Waals surface area contributed by atoms with Gasteiger partial charge in [0.05, 0.1) is 11.0 Å². The first-order valence-electron chi connectivity index (χ1n) is 4.90. The molecule has 0 aliphatic heterocycles. The molecule has 16 heavy (non-hydrogen) atoms. The third-order valence-corrected chi connectivity index (χ3v) is 4.34. The summed E-state index contributed by atoms with van der Waals surface area (Å²) >= 11 is 1.40. The van der Waals surface area contributed by atoms with Gasteiger partial charge in [0.1, 0.15) is 0 Å². The maximum atomic E-state index is 11.6. The zero-order valence-corrected chi connectivity index (χ0v) is 11.2. The minimum Gasteiger partial charge on any atom is -0.393 e. The Bertz CT molecular complexity index is 464. The average molecular weight is 260 g/mol. The predicted octanol–water partition coefficient (Wildman–Crippen LogP) is 1.74. The van der Waals surface area contributed by atoms with E-state index in [9.17, 15) is 13.5 Å². The summed E-state index contributed by atoms with van der Waals surface area (Å²) in [6.45, 7) is 1.69. The smallest absolute Gasteiger partial charge is 0.176 e. The molecule has 0 spiro atoms. The summed E-state index contributed by atoms with van der Waals surface area (Å²) in [5, 5.41) is 9.36. The van der Waals surface area contributed by atoms with Crippen molar-refractivity contribution in [2.24, 2.45) is 0 Å². The minimum atomic E-state index is -3.21. The number of sulfone groups is 1. The zero-order chi connectivity index (χ0) is 12.3. The Balaban J connectivity index is 3.32. The lowest BCUT2D eigenvalue weighted by Crippen LogP contribution is -2.08. The second-order valence-corrected chi connectivity index (χ2v) is 6.57. The van der Waals surface area contributed by atoms with Crippen LogP contribution < -0.4 is 0 Å². The number of aliphatic hydroxyl groups excluding tert-OH is 1. The second kappa shape index (κ2) is 5.21. The number of thioether (sulfide) groups is 1. The molecule has 0 saturated carbocycles. The normalized spacial score (nSPS) is 13.8. The average Bonchev–Trinajstić information content (AvgIpc) is 2.15. The monoisotopic (exact) mass is 260 g/mol. The summed E-state index contributed by atoms with van der Waals surface area (Å²) < 4.78 is 23.1. The SMILES string of the molecule is CSc1c(CC(C)O)cccc1S(C)(=O)=O. The molecule has 0 aromatic heterocycles. The fraction of sp³-hybridized carbons (Fsp3) is 0.455. The van der Waals surface area contributed by atoms with E-state index in [-0.39, 0.29) is 0 Å². The summed E-state index contributed by atoms with van der Waals surface area (Å²) in [4.78, 5) is 1.09. The van der Waals surface area contributed by atoms with Gasteiger partial charge < -0.3 is 5.11 Å². The van der Waals surface area contributed by atoms with Crippen molar-refractivity contribution in [2.75, 3.05) is 12.5 Å². The lowest BCUT2D eigenvalue weighted by Gasteiger charge is -2.12. The highest BCUT2D eigenvalue weighted by Gasteiger charge is 2.16. The number of hydrogen-bond donors (Lipinski definition) is 1. The van der Waals surface area contributed by atoms with E-state index in [0.717, 1.165) is 10.5 Å². The van der Waals surface area contributed by atoms with Crippen molar-refractivity contribution >= 4 is 21.6 Å². The molecule has 90 valence electrons. The topological polar surface area (TPSA) is 54.4 Å². The van der Waals surface area contributed by atoms with Gasteiger partial charge in [0.15, 0.2) is 9.84 Å². The largest absolute Gasteiger partial charge is 0.393 e. The van der Waals surface area contributed by atoms with Gasteiger partial charge in [0.2, 0.25) is 0 Å². The Kier molecular flexibility index (Phi) is 4.41. The first kappa shape index (κ1) is 13.5. The van der Waals surface area contributed by atoms with Gasteiger partial charge in [-0.2, -0.15) is 0 Å². The van der Waals surface area contributed by atoms with E-state index in [1.807, 2.05) is 12.3 Å². The van der Waals surface area contributed by atoms with Crippen LogP contribution in [0, 0.1) is 0 Å². The van der Waals surface area contributed by atoms with Crippen molar-refractivity contribution in [1.29, 1.82) is 0 Å². The Morgan fingerprint density at radius 1 is 1.44 bits per heavy atom. The summed E-state index contributed by atoms with van der Waals surface area (Å²) in [6.07, 6.45) is 3.05. The van der Waals surface area contributed by atoms with Crippen LogP contribution >= 0.6 is 11.8 Å². The molecule has 5 heteroatoms. The van der Waals surface area contributed by atoms with Crippen LogP contribution in [0.1, 0.15) is 12.5 Å². The van der Waals surface area contributed by atoms with Crippen LogP contribution in [0.5, 0.6) is 0 Å². The Labute approximate surface area is 101 Å². The van der Waals surface area contributed by atoms with Crippen molar-refractivity contribution in [2.45, 2.75) is 29.2 Å². The van der Waals surface area contributed by atoms with Gasteiger partial charge in [0.25, 0.3) is 0 Å². The van der Waals surface area contributed by atoms with Crippen LogP contribution in [0.3, 0.4) is 0 Å². The summed E-state index contributed by atoms with van der Waals surface area (Å²) in [5.41, 5.74) is 0.880. The van der Waals surface area contributed by atoms with Crippen molar-refractivity contribution in [3.05, 3.63) is 23.8 Å². The molecule has 1 rings (SSSR count). The fourth-order valence-electron chi connectivity index (χ4n) is 1.56. The molecule has 0 bridgehead atoms. The molecule has 1 aromatic rings. The van der Waals surface area contributed by atoms with Gasteiger partial charge in [0, 0.05) is 11.2 Å². The van der Waals surface area contributed by atoms with Crippen molar-refractivity contribution < 1.29 is 13.5 Å². The molecule has 0 amide bonds. The van der Waals surface area contributed by atoms with E-state index in [0.29, 0.717) is 11.3 Å². The van der Waals surface area contributed by atoms with Gasteiger partial charge in [-0.05, 0) is 31.2 Å². The standard InChI is InChI=1S/C11H16O3S2/c1-8(12)7-9-5-4-6-10(11(9)15-2)16(3,13)14/h4-6,8,12H,7H2,1-3H3. The Morgan fingerprint density at radius 3 is 2.50 bits per heavy atom. The maximum Gasteiger partial charge on any atom is 0.176 e. The van der Waals surface area contributed by atoms with Gasteiger partial charge >= 0.3 is 0 Å². The van der Waals surface area contributed by atoms with E-state index in [1.165, 1.54) is 18.0 Å². The summed E-state index contributed by atoms with van der Waals surface area (Å²) in [7, 11) is -3.21. The minimum absolute atomic E-state index is 0.346. The molecule has 1 N–H and O–H groups in total. The highest BCUT2D eigenvalue weighted by Crippen LogP contribution is 2.29. The molecule has 0 radical (unpaired) electrons. The third-order valence-electron chi connectivity index (χ3n) is 2.18. The number of hydrogen-bond acceptors (Lipinski definition) is 4. The van der Waals surface area contributed by atoms with Crippen molar-refractivity contribution in [3.8, 4) is 0 Å². The molecule has 0 aliphatic rings. The molecule has 1 unspecified atom stereocenters. The zero-order valence-electron chi connectivity index (χ0n) is 9.60. The van der Waals surface area contributed by atoms with E-state index in [1.54, 1.807) is 19.1 Å². The molecule has 3 nitrogen and oxygen atoms in total. The summed E-state index contributed by atoms with van der Waals surface area (Å²) in [5.74, 6) is 0. The molecule has 0 fully saturated rings. The summed E-state index contributed by atoms with van der Waals surface area (Å²) in [6, 6.07) is 5.17. The number of aliphatic hydroxyl groups is 1. The number of rotatable bonds is 4. The van der Waals surface area contributed by atoms with E-state index in [2.05, 4.69) is 0 Å². The first-order valence-corrected chi connectivity index (χ1v) is 8.02. The first-order chi connectivity index (χ1) is 7.36. The highest BCUT2D eigenvalue weighted by molar-refractivity contribution is 7.99. The highest BCUT2D eigenvalue weighted by atomic mass is 32.2. The predicted molar refractivity (Wildman–Crippen MR) is 66.7 cm³/mol. The fourth-order valence-corrected chi connectivity index (χ4v) is 3.74. The Hall–Kier alpha value is -0.520. The van der Waals surface area contributed by atoms with Gasteiger partial charge in [-0.3, -0.25) is 0 Å². The third kappa shape index (κ3) is 3.23. The molecule has 1 atom stereocenters. The molecule has 0 heterocycles. The molecular formula is C11H16O3S2. The molecule has 0 saturated heterocycles. The Morgan fingerprint density at radius 2 is 2.06 bits per heavy atom. The quantitative estimate of drug-likeness (QED) is 0.838. The van der Waals surface area contributed by atoms with Crippen LogP contribution in [0.15, 0.2) is 28.0 Å². The molecule has 1 aromatic carbocycles. The van der Waals surface area contributed by atoms with Crippen LogP contribution in [0.4, 0.5) is 0 Å². The van der Waals surface area contributed by atoms with E-state index in [4.69, 9.17) is 0 Å². The van der Waals surface area contributed by atoms with Gasteiger partial charge in [-0.25, -0.2) is 8.42 Å². The lowest BCUT2D eigenvalue weighted by atomic mass is 10.1. The van der Waals surface area contributed by atoms with E-state index < -0.39 is 15.9 Å². The van der Waals surface area contributed by atoms with Gasteiger partial charge in [-0.15, -0.1) is 11.8 Å². The second-order valence-electron chi connectivity index (χ2n) is 3.77. The maximum absolute atomic E-state index is 11.6. The van der Waals surface area contributed by atoms with Crippen LogP contribution in [-0.2, 0) is 16.3 Å². The van der Waals surface area contributed by atoms with Crippen molar-refractivity contribution in [1.82, 2.24) is 0 Å². The van der Waals surface area contributed by atoms with E-state index >= 15 is 0 Å². The molecular weight excluding hydrogens is 244 g/mol. The van der Waals surface area contributed by atoms with Crippen LogP contribution in [0.25, 0.3) is 0 Å². The van der Waals surface area contributed by atoms with Gasteiger partial charge in [-0.1, -0.05) is 12.1 Å². The van der Waals surface area contributed by atoms with Crippen LogP contribution in [0.2, 0.25) is 0 Å². The number of benzene rings is 1. The molecule has 0 aliphatic carbocycles. The van der Waals surface area contributed by atoms with Crippen LogP contribution in [-0.4, -0.2) is 32.1 Å².